The maximum Gasteiger partial charge on any atom is 0.448 e. The number of carbonyl (C=O) groups excluding carboxylic acids is 2. The molecule has 1 atom stereocenters. The second-order valence-corrected chi connectivity index (χ2v) is 7.14. The molecule has 0 saturated carbocycles. The van der Waals surface area contributed by atoms with Crippen LogP contribution in [-0.4, -0.2) is 40.1 Å². The van der Waals surface area contributed by atoms with Crippen molar-refractivity contribution in [1.29, 1.82) is 0 Å². The molecule has 4 nitrogen and oxygen atoms in total. The summed E-state index contributed by atoms with van der Waals surface area (Å²) in [6, 6.07) is 0. The van der Waals surface area contributed by atoms with Crippen LogP contribution in [-0.2, 0) is 19.1 Å². The minimum atomic E-state index is -5.83. The lowest BCUT2D eigenvalue weighted by Gasteiger charge is -2.30. The standard InChI is InChI=1S/C12H14F6O4S/c1-9(2,3)21-7(19)5-4-6-8(20)22-10(23-6,11(13,14)15)12(16,17)18/h6H,4-5H2,1-3H3. The van der Waals surface area contributed by atoms with E-state index in [4.69, 9.17) is 4.74 Å². The SMILES string of the molecule is CC(C)(C)OC(=O)CCC1SC(C(F)(F)F)(C(F)(F)F)OC1=O. The molecule has 0 spiro atoms. The summed E-state index contributed by atoms with van der Waals surface area (Å²) in [5, 5.41) is -1.76. The number of thioether (sulfide) groups is 1. The van der Waals surface area contributed by atoms with E-state index in [9.17, 15) is 35.9 Å². The summed E-state index contributed by atoms with van der Waals surface area (Å²) in [5.74, 6) is -2.49. The van der Waals surface area contributed by atoms with Crippen LogP contribution in [0.5, 0.6) is 0 Å². The van der Waals surface area contributed by atoms with Crippen LogP contribution in [0.2, 0.25) is 0 Å². The third-order valence-electron chi connectivity index (χ3n) is 2.59. The molecule has 0 aromatic heterocycles. The van der Waals surface area contributed by atoms with Crippen LogP contribution in [0.15, 0.2) is 0 Å². The molecule has 0 bridgehead atoms. The highest BCUT2D eigenvalue weighted by Crippen LogP contribution is 2.58. The number of hydrogen-bond acceptors (Lipinski definition) is 5. The van der Waals surface area contributed by atoms with Gasteiger partial charge in [-0.05, 0) is 27.2 Å². The fourth-order valence-corrected chi connectivity index (χ4v) is 2.89. The number of alkyl halides is 6. The molecule has 134 valence electrons. The molecule has 1 unspecified atom stereocenters. The molecule has 1 saturated heterocycles. The number of carbonyl (C=O) groups is 2. The Morgan fingerprint density at radius 1 is 1.17 bits per heavy atom. The highest BCUT2D eigenvalue weighted by Gasteiger charge is 2.78. The molecule has 1 rings (SSSR count). The van der Waals surface area contributed by atoms with Gasteiger partial charge in [-0.15, -0.1) is 0 Å². The predicted molar refractivity (Wildman–Crippen MR) is 67.4 cm³/mol. The van der Waals surface area contributed by atoms with Gasteiger partial charge in [0.15, 0.2) is 0 Å². The fraction of sp³-hybridized carbons (Fsp3) is 0.833. The Balaban J connectivity index is 2.82. The number of rotatable bonds is 3. The van der Waals surface area contributed by atoms with Gasteiger partial charge >= 0.3 is 29.2 Å². The smallest absolute Gasteiger partial charge is 0.448 e. The van der Waals surface area contributed by atoms with Gasteiger partial charge < -0.3 is 9.47 Å². The largest absolute Gasteiger partial charge is 0.460 e. The lowest BCUT2D eigenvalue weighted by Crippen LogP contribution is -2.54. The van der Waals surface area contributed by atoms with E-state index in [-0.39, 0.29) is 0 Å². The summed E-state index contributed by atoms with van der Waals surface area (Å²) in [6.07, 6.45) is -12.7. The minimum absolute atomic E-state index is 0.504. The van der Waals surface area contributed by atoms with Crippen molar-refractivity contribution in [1.82, 2.24) is 0 Å². The highest BCUT2D eigenvalue weighted by molar-refractivity contribution is 8.02. The Morgan fingerprint density at radius 3 is 2.00 bits per heavy atom. The lowest BCUT2D eigenvalue weighted by molar-refractivity contribution is -0.327. The zero-order chi connectivity index (χ0) is 18.3. The predicted octanol–water partition coefficient (Wildman–Crippen LogP) is 3.59. The van der Waals surface area contributed by atoms with Gasteiger partial charge in [0.05, 0.1) is 0 Å². The minimum Gasteiger partial charge on any atom is -0.460 e. The van der Waals surface area contributed by atoms with E-state index in [1.807, 2.05) is 0 Å². The third-order valence-corrected chi connectivity index (χ3v) is 4.18. The molecular formula is C12H14F6O4S. The summed E-state index contributed by atoms with van der Waals surface area (Å²) in [7, 11) is 0. The van der Waals surface area contributed by atoms with Crippen LogP contribution in [0.3, 0.4) is 0 Å². The number of ether oxygens (including phenoxy) is 2. The monoisotopic (exact) mass is 368 g/mol. The number of cyclic esters (lactones) is 1. The van der Waals surface area contributed by atoms with Gasteiger partial charge in [-0.1, -0.05) is 11.8 Å². The first-order valence-corrected chi connectivity index (χ1v) is 7.23. The molecule has 0 aromatic rings. The number of halogens is 6. The molecule has 1 aliphatic heterocycles. The zero-order valence-corrected chi connectivity index (χ0v) is 13.1. The summed E-state index contributed by atoms with van der Waals surface area (Å²) < 4.78 is 85.1. The van der Waals surface area contributed by atoms with Crippen molar-refractivity contribution < 1.29 is 45.4 Å². The van der Waals surface area contributed by atoms with E-state index in [1.54, 1.807) is 20.8 Å². The van der Waals surface area contributed by atoms with Crippen LogP contribution in [0, 0.1) is 0 Å². The van der Waals surface area contributed by atoms with Crippen LogP contribution in [0.1, 0.15) is 33.6 Å². The molecule has 1 heterocycles. The topological polar surface area (TPSA) is 52.6 Å². The molecule has 0 radical (unpaired) electrons. The zero-order valence-electron chi connectivity index (χ0n) is 12.3. The molecule has 0 aromatic carbocycles. The van der Waals surface area contributed by atoms with E-state index in [0.29, 0.717) is 0 Å². The molecule has 0 aliphatic carbocycles. The molecule has 1 aliphatic rings. The van der Waals surface area contributed by atoms with Crippen molar-refractivity contribution >= 4 is 23.7 Å². The summed E-state index contributed by atoms with van der Waals surface area (Å²) in [6.45, 7) is 4.63. The Bertz CT molecular complexity index is 465. The summed E-state index contributed by atoms with van der Waals surface area (Å²) in [4.78, 5) is 18.2. The van der Waals surface area contributed by atoms with E-state index in [1.165, 1.54) is 0 Å². The third kappa shape index (κ3) is 4.45. The Morgan fingerprint density at radius 2 is 1.65 bits per heavy atom. The first-order valence-electron chi connectivity index (χ1n) is 6.35. The van der Waals surface area contributed by atoms with Crippen LogP contribution >= 0.6 is 11.8 Å². The first-order chi connectivity index (χ1) is 10.1. The molecule has 0 N–H and O–H groups in total. The number of hydrogen-bond donors (Lipinski definition) is 0. The van der Waals surface area contributed by atoms with E-state index in [2.05, 4.69) is 4.74 Å². The van der Waals surface area contributed by atoms with Gasteiger partial charge in [0.1, 0.15) is 10.9 Å². The average Bonchev–Trinajstić information content (AvgIpc) is 2.61. The molecule has 1 fully saturated rings. The molecule has 23 heavy (non-hydrogen) atoms. The van der Waals surface area contributed by atoms with Gasteiger partial charge in [-0.3, -0.25) is 9.59 Å². The van der Waals surface area contributed by atoms with Crippen molar-refractivity contribution in [2.24, 2.45) is 0 Å². The lowest BCUT2D eigenvalue weighted by atomic mass is 10.2. The van der Waals surface area contributed by atoms with Crippen molar-refractivity contribution in [3.63, 3.8) is 0 Å². The second kappa shape index (κ2) is 6.06. The Hall–Kier alpha value is -1.13. The van der Waals surface area contributed by atoms with E-state index in [0.717, 1.165) is 0 Å². The van der Waals surface area contributed by atoms with Crippen LogP contribution < -0.4 is 0 Å². The summed E-state index contributed by atoms with van der Waals surface area (Å²) in [5.41, 5.74) is -0.859. The quantitative estimate of drug-likeness (QED) is 0.563. The van der Waals surface area contributed by atoms with Gasteiger partial charge in [0.25, 0.3) is 0 Å². The fourth-order valence-electron chi connectivity index (χ4n) is 1.71. The molecule has 0 amide bonds. The molecular weight excluding hydrogens is 354 g/mol. The van der Waals surface area contributed by atoms with Crippen molar-refractivity contribution in [3.8, 4) is 0 Å². The van der Waals surface area contributed by atoms with Gasteiger partial charge in [0.2, 0.25) is 0 Å². The normalized spacial score (nSPS) is 22.0. The maximum absolute atomic E-state index is 12.8. The van der Waals surface area contributed by atoms with Gasteiger partial charge in [-0.2, -0.15) is 26.3 Å². The summed E-state index contributed by atoms with van der Waals surface area (Å²) >= 11 is -0.689. The van der Waals surface area contributed by atoms with Crippen molar-refractivity contribution in [2.45, 2.75) is 61.7 Å². The van der Waals surface area contributed by atoms with Crippen LogP contribution in [0.25, 0.3) is 0 Å². The number of esters is 2. The van der Waals surface area contributed by atoms with Gasteiger partial charge in [0, 0.05) is 6.42 Å². The van der Waals surface area contributed by atoms with E-state index < -0.39 is 64.7 Å². The van der Waals surface area contributed by atoms with Crippen LogP contribution in [0.4, 0.5) is 26.3 Å². The molecule has 11 heteroatoms. The highest BCUT2D eigenvalue weighted by atomic mass is 32.2. The second-order valence-electron chi connectivity index (χ2n) is 5.76. The maximum atomic E-state index is 12.8. The average molecular weight is 368 g/mol. The first kappa shape index (κ1) is 19.9. The Labute approximate surface area is 131 Å². The van der Waals surface area contributed by atoms with Crippen molar-refractivity contribution in [2.75, 3.05) is 0 Å². The Kier molecular flexibility index (Phi) is 5.25. The van der Waals surface area contributed by atoms with Gasteiger partial charge in [-0.25, -0.2) is 0 Å². The van der Waals surface area contributed by atoms with E-state index >= 15 is 0 Å². The van der Waals surface area contributed by atoms with Crippen molar-refractivity contribution in [3.05, 3.63) is 0 Å².